The molecule has 4 heterocycles. The Bertz CT molecular complexity index is 992. The van der Waals surface area contributed by atoms with Gasteiger partial charge in [0.15, 0.2) is 11.6 Å². The fourth-order valence-corrected chi connectivity index (χ4v) is 4.49. The number of carbonyl (C=O) groups excluding carboxylic acids is 2. The van der Waals surface area contributed by atoms with Gasteiger partial charge in [0, 0.05) is 46.3 Å². The quantitative estimate of drug-likeness (QED) is 0.244. The number of aromatic nitrogens is 4. The van der Waals surface area contributed by atoms with Gasteiger partial charge < -0.3 is 13.6 Å². The van der Waals surface area contributed by atoms with Crippen molar-refractivity contribution in [3.8, 4) is 0 Å². The van der Waals surface area contributed by atoms with Gasteiger partial charge >= 0.3 is 0 Å². The zero-order valence-corrected chi connectivity index (χ0v) is 23.7. The van der Waals surface area contributed by atoms with Gasteiger partial charge in [0.05, 0.1) is 32.9 Å². The van der Waals surface area contributed by atoms with Gasteiger partial charge in [-0.3, -0.25) is 14.5 Å². The average Bonchev–Trinajstić information content (AvgIpc) is 3.32. The Morgan fingerprint density at radius 1 is 0.879 bits per heavy atom. The number of likely N-dealkylation sites (N-methyl/N-ethyl adjacent to an activating group) is 2. The first-order chi connectivity index (χ1) is 15.6. The second kappa shape index (κ2) is 11.7. The molecule has 0 unspecified atom stereocenters. The van der Waals surface area contributed by atoms with Crippen LogP contribution in [0, 0.1) is 0 Å². The summed E-state index contributed by atoms with van der Waals surface area (Å²) in [5.41, 5.74) is 3.56. The summed E-state index contributed by atoms with van der Waals surface area (Å²) in [5.74, 6) is 2.27. The van der Waals surface area contributed by atoms with E-state index in [0.717, 1.165) is 79.6 Å². The third-order valence-corrected chi connectivity index (χ3v) is 6.23. The number of quaternary nitrogens is 1. The van der Waals surface area contributed by atoms with Gasteiger partial charge in [-0.15, -0.1) is 0 Å². The maximum atomic E-state index is 11.6. The highest BCUT2D eigenvalue weighted by Gasteiger charge is 2.30. The molecule has 0 bridgehead atoms. The molecule has 2 aliphatic rings. The van der Waals surface area contributed by atoms with Gasteiger partial charge in [0.1, 0.15) is 35.3 Å². The standard InChI is InChI=1S/C12H20N3O.C11H17N3O.CH3I/c1-5-11-13-12(9(2)16)10-8-15(3,4)7-6-14(10)11;1-4-10-12-11(8(2)15)9-7-13(3)5-6-14(9)10;1-2/h5-8H2,1-4H3;4-7H2,1-3H3;1H3/q+1;;. The highest BCUT2D eigenvalue weighted by Crippen LogP contribution is 2.23. The Hall–Kier alpha value is -1.59. The van der Waals surface area contributed by atoms with Crippen molar-refractivity contribution < 1.29 is 14.1 Å². The molecule has 2 aromatic heterocycles. The lowest BCUT2D eigenvalue weighted by molar-refractivity contribution is -0.907. The number of aryl methyl sites for hydroxylation is 2. The van der Waals surface area contributed by atoms with Gasteiger partial charge in [0.2, 0.25) is 0 Å². The Morgan fingerprint density at radius 2 is 1.36 bits per heavy atom. The van der Waals surface area contributed by atoms with Crippen LogP contribution in [0.4, 0.5) is 0 Å². The fourth-order valence-electron chi connectivity index (χ4n) is 4.49. The minimum absolute atomic E-state index is 0.0775. The van der Waals surface area contributed by atoms with Crippen molar-refractivity contribution in [3.63, 3.8) is 0 Å². The number of Topliss-reactive ketones (excluding diaryl/α,β-unsaturated/α-hetero) is 2. The molecular weight excluding hydrogens is 531 g/mol. The minimum Gasteiger partial charge on any atom is -0.329 e. The smallest absolute Gasteiger partial charge is 0.180 e. The van der Waals surface area contributed by atoms with Crippen LogP contribution < -0.4 is 0 Å². The Morgan fingerprint density at radius 3 is 1.85 bits per heavy atom. The monoisotopic (exact) mass is 571 g/mol. The van der Waals surface area contributed by atoms with E-state index in [1.807, 2.05) is 4.93 Å². The van der Waals surface area contributed by atoms with Crippen molar-refractivity contribution in [2.75, 3.05) is 39.2 Å². The van der Waals surface area contributed by atoms with Crippen LogP contribution in [0.2, 0.25) is 0 Å². The average molecular weight is 572 g/mol. The van der Waals surface area contributed by atoms with Crippen LogP contribution in [0.15, 0.2) is 0 Å². The van der Waals surface area contributed by atoms with Gasteiger partial charge in [-0.05, 0) is 12.0 Å². The molecule has 0 radical (unpaired) electrons. The van der Waals surface area contributed by atoms with Crippen LogP contribution in [0.25, 0.3) is 0 Å². The zero-order valence-electron chi connectivity index (χ0n) is 21.5. The third kappa shape index (κ3) is 6.30. The summed E-state index contributed by atoms with van der Waals surface area (Å²) >= 11 is 2.15. The van der Waals surface area contributed by atoms with Crippen LogP contribution in [0.3, 0.4) is 0 Å². The summed E-state index contributed by atoms with van der Waals surface area (Å²) < 4.78 is 5.38. The molecular formula is C24H40IN6O2+. The second-order valence-corrected chi connectivity index (χ2v) is 9.32. The van der Waals surface area contributed by atoms with Crippen LogP contribution in [-0.2, 0) is 39.0 Å². The van der Waals surface area contributed by atoms with Crippen LogP contribution in [-0.4, -0.2) is 79.2 Å². The molecule has 0 aliphatic carbocycles. The van der Waals surface area contributed by atoms with Gasteiger partial charge in [-0.25, -0.2) is 9.97 Å². The molecule has 2 aliphatic heterocycles. The van der Waals surface area contributed by atoms with Crippen molar-refractivity contribution in [1.82, 2.24) is 24.0 Å². The van der Waals surface area contributed by atoms with E-state index in [4.69, 9.17) is 0 Å². The number of rotatable bonds is 4. The SMILES string of the molecule is CCc1nc(C(C)=O)c2n1CCN(C)C2.CCc1nc(C(C)=O)c2n1CC[N+](C)(C)C2.CI. The molecule has 8 nitrogen and oxygen atoms in total. The van der Waals surface area contributed by atoms with Crippen molar-refractivity contribution in [1.29, 1.82) is 0 Å². The summed E-state index contributed by atoms with van der Waals surface area (Å²) in [6.07, 6.45) is 1.79. The number of hydrogen-bond donors (Lipinski definition) is 0. The Kier molecular flexibility index (Phi) is 9.81. The van der Waals surface area contributed by atoms with E-state index in [9.17, 15) is 9.59 Å². The van der Waals surface area contributed by atoms with Crippen LogP contribution >= 0.6 is 22.6 Å². The topological polar surface area (TPSA) is 73.0 Å². The number of hydrogen-bond acceptors (Lipinski definition) is 5. The summed E-state index contributed by atoms with van der Waals surface area (Å²) in [6, 6.07) is 0. The predicted molar refractivity (Wildman–Crippen MR) is 140 cm³/mol. The number of ketones is 2. The number of nitrogens with zero attached hydrogens (tertiary/aromatic N) is 6. The predicted octanol–water partition coefficient (Wildman–Crippen LogP) is 3.38. The second-order valence-electron chi connectivity index (χ2n) is 9.32. The minimum atomic E-state index is 0.0775. The number of fused-ring (bicyclic) bond motifs is 2. The molecule has 4 rings (SSSR count). The summed E-state index contributed by atoms with van der Waals surface area (Å²) in [5, 5.41) is 0. The van der Waals surface area contributed by atoms with E-state index in [1.165, 1.54) is 0 Å². The number of alkyl halides is 1. The van der Waals surface area contributed by atoms with Crippen molar-refractivity contribution >= 4 is 34.2 Å². The summed E-state index contributed by atoms with van der Waals surface area (Å²) in [6.45, 7) is 13.2. The van der Waals surface area contributed by atoms with Crippen molar-refractivity contribution in [2.45, 2.75) is 66.7 Å². The lowest BCUT2D eigenvalue weighted by Crippen LogP contribution is -2.46. The summed E-state index contributed by atoms with van der Waals surface area (Å²) in [7, 11) is 6.48. The van der Waals surface area contributed by atoms with Crippen LogP contribution in [0.1, 0.15) is 71.7 Å². The molecule has 0 amide bonds. The molecule has 9 heteroatoms. The van der Waals surface area contributed by atoms with E-state index in [1.54, 1.807) is 13.8 Å². The van der Waals surface area contributed by atoms with E-state index in [0.29, 0.717) is 11.4 Å². The van der Waals surface area contributed by atoms with E-state index in [-0.39, 0.29) is 11.6 Å². The molecule has 0 N–H and O–H groups in total. The molecule has 0 spiro atoms. The lowest BCUT2D eigenvalue weighted by atomic mass is 10.2. The van der Waals surface area contributed by atoms with Gasteiger partial charge in [0.25, 0.3) is 0 Å². The first-order valence-electron chi connectivity index (χ1n) is 11.6. The highest BCUT2D eigenvalue weighted by atomic mass is 127. The number of carbonyl (C=O) groups is 2. The Labute approximate surface area is 212 Å². The normalized spacial score (nSPS) is 16.5. The first-order valence-corrected chi connectivity index (χ1v) is 13.8. The maximum Gasteiger partial charge on any atom is 0.180 e. The molecule has 0 aromatic carbocycles. The summed E-state index contributed by atoms with van der Waals surface area (Å²) in [4.78, 5) is 36.1. The molecule has 0 fully saturated rings. The molecule has 0 saturated carbocycles. The molecule has 0 saturated heterocycles. The van der Waals surface area contributed by atoms with E-state index < -0.39 is 0 Å². The largest absolute Gasteiger partial charge is 0.329 e. The lowest BCUT2D eigenvalue weighted by Gasteiger charge is -2.34. The molecule has 2 aromatic rings. The third-order valence-electron chi connectivity index (χ3n) is 6.23. The van der Waals surface area contributed by atoms with Gasteiger partial charge in [-0.1, -0.05) is 36.4 Å². The van der Waals surface area contributed by atoms with Crippen LogP contribution in [0.5, 0.6) is 0 Å². The molecule has 0 atom stereocenters. The molecule has 184 valence electrons. The first kappa shape index (κ1) is 27.7. The van der Waals surface area contributed by atoms with E-state index >= 15 is 0 Å². The number of halogens is 1. The van der Waals surface area contributed by atoms with Gasteiger partial charge in [-0.2, -0.15) is 0 Å². The Balaban J connectivity index is 0.000000218. The fraction of sp³-hybridized carbons (Fsp3) is 0.667. The highest BCUT2D eigenvalue weighted by molar-refractivity contribution is 14.1. The molecule has 33 heavy (non-hydrogen) atoms. The number of imidazole rings is 2. The van der Waals surface area contributed by atoms with Crippen molar-refractivity contribution in [3.05, 3.63) is 34.4 Å². The van der Waals surface area contributed by atoms with E-state index in [2.05, 4.69) is 81.6 Å². The maximum absolute atomic E-state index is 11.6. The van der Waals surface area contributed by atoms with Crippen molar-refractivity contribution in [2.24, 2.45) is 0 Å². The zero-order chi connectivity index (χ0) is 24.9.